The summed E-state index contributed by atoms with van der Waals surface area (Å²) in [4.78, 5) is 13.6. The first kappa shape index (κ1) is 14.6. The topological polar surface area (TPSA) is 32.3 Å². The molecule has 0 aromatic heterocycles. The van der Waals surface area contributed by atoms with Gasteiger partial charge < -0.3 is 5.32 Å². The lowest BCUT2D eigenvalue weighted by molar-refractivity contribution is -0.126. The summed E-state index contributed by atoms with van der Waals surface area (Å²) in [5.74, 6) is -0.413. The van der Waals surface area contributed by atoms with Crippen LogP contribution in [0.25, 0.3) is 0 Å². The lowest BCUT2D eigenvalue weighted by Gasteiger charge is -2.23. The molecule has 0 aliphatic heterocycles. The third-order valence-electron chi connectivity index (χ3n) is 2.59. The van der Waals surface area contributed by atoms with Gasteiger partial charge in [-0.15, -0.1) is 0 Å². The molecule has 1 aromatic rings. The first-order valence-corrected chi connectivity index (χ1v) is 5.70. The highest BCUT2D eigenvalue weighted by atomic mass is 19.3. The van der Waals surface area contributed by atoms with Crippen molar-refractivity contribution in [3.05, 3.63) is 35.4 Å². The zero-order valence-corrected chi connectivity index (χ0v) is 10.8. The first-order chi connectivity index (χ1) is 8.41. The van der Waals surface area contributed by atoms with Gasteiger partial charge in [0.25, 0.3) is 6.43 Å². The number of nitrogens with zero attached hydrogens (tertiary/aromatic N) is 1. The average molecular weight is 256 g/mol. The van der Waals surface area contributed by atoms with E-state index < -0.39 is 24.9 Å². The number of hydrogen-bond acceptors (Lipinski definition) is 2. The highest BCUT2D eigenvalue weighted by molar-refractivity contribution is 5.83. The molecule has 0 spiro atoms. The van der Waals surface area contributed by atoms with Gasteiger partial charge in [0, 0.05) is 0 Å². The Labute approximate surface area is 106 Å². The number of alkyl halides is 2. The Morgan fingerprint density at radius 2 is 1.83 bits per heavy atom. The molecule has 0 bridgehead atoms. The number of aryl methyl sites for hydroxylation is 1. The molecule has 5 heteroatoms. The molecule has 0 aliphatic carbocycles. The minimum absolute atomic E-state index is 0.413. The molecule has 0 unspecified atom stereocenters. The zero-order chi connectivity index (χ0) is 13.7. The number of likely N-dealkylation sites (N-methyl/N-ethyl adjacent to an activating group) is 1. The Balaban J connectivity index is 2.82. The number of carbonyl (C=O) groups excluding carboxylic acids is 1. The fraction of sp³-hybridized carbons (Fsp3) is 0.462. The van der Waals surface area contributed by atoms with Gasteiger partial charge in [0.2, 0.25) is 5.91 Å². The highest BCUT2D eigenvalue weighted by Crippen LogP contribution is 2.18. The van der Waals surface area contributed by atoms with Crippen molar-refractivity contribution in [3.63, 3.8) is 0 Å². The van der Waals surface area contributed by atoms with Crippen molar-refractivity contribution in [1.29, 1.82) is 0 Å². The molecular weight excluding hydrogens is 238 g/mol. The van der Waals surface area contributed by atoms with Crippen LogP contribution in [0.2, 0.25) is 0 Å². The van der Waals surface area contributed by atoms with Crippen LogP contribution in [0.4, 0.5) is 8.78 Å². The second-order valence-electron chi connectivity index (χ2n) is 4.41. The lowest BCUT2D eigenvalue weighted by Crippen LogP contribution is -2.39. The maximum atomic E-state index is 12.1. The van der Waals surface area contributed by atoms with E-state index in [1.807, 2.05) is 31.2 Å². The van der Waals surface area contributed by atoms with Crippen molar-refractivity contribution in [1.82, 2.24) is 10.2 Å². The van der Waals surface area contributed by atoms with Crippen LogP contribution in [-0.2, 0) is 4.79 Å². The Morgan fingerprint density at radius 3 is 2.28 bits per heavy atom. The first-order valence-electron chi connectivity index (χ1n) is 5.70. The fourth-order valence-corrected chi connectivity index (χ4v) is 1.71. The van der Waals surface area contributed by atoms with Crippen LogP contribution in [0, 0.1) is 6.92 Å². The fourth-order valence-electron chi connectivity index (χ4n) is 1.71. The summed E-state index contributed by atoms with van der Waals surface area (Å²) in [6.07, 6.45) is -2.53. The van der Waals surface area contributed by atoms with E-state index in [1.54, 1.807) is 19.0 Å². The quantitative estimate of drug-likeness (QED) is 0.873. The third-order valence-corrected chi connectivity index (χ3v) is 2.59. The van der Waals surface area contributed by atoms with Crippen LogP contribution in [0.5, 0.6) is 0 Å². The van der Waals surface area contributed by atoms with Crippen LogP contribution < -0.4 is 5.32 Å². The van der Waals surface area contributed by atoms with Gasteiger partial charge in [-0.3, -0.25) is 9.69 Å². The summed E-state index contributed by atoms with van der Waals surface area (Å²) < 4.78 is 24.2. The van der Waals surface area contributed by atoms with E-state index >= 15 is 0 Å². The molecule has 0 aliphatic rings. The molecule has 1 N–H and O–H groups in total. The minimum atomic E-state index is -2.53. The van der Waals surface area contributed by atoms with E-state index in [2.05, 4.69) is 5.32 Å². The number of benzene rings is 1. The van der Waals surface area contributed by atoms with Gasteiger partial charge in [0.1, 0.15) is 6.04 Å². The Hall–Kier alpha value is -1.49. The molecule has 1 amide bonds. The summed E-state index contributed by atoms with van der Waals surface area (Å²) in [5.41, 5.74) is 1.88. The predicted octanol–water partition coefficient (Wildman–Crippen LogP) is 1.98. The van der Waals surface area contributed by atoms with E-state index in [4.69, 9.17) is 0 Å². The zero-order valence-electron chi connectivity index (χ0n) is 10.8. The van der Waals surface area contributed by atoms with Gasteiger partial charge in [0.15, 0.2) is 0 Å². The van der Waals surface area contributed by atoms with Crippen molar-refractivity contribution in [2.75, 3.05) is 20.6 Å². The van der Waals surface area contributed by atoms with Crippen LogP contribution >= 0.6 is 0 Å². The van der Waals surface area contributed by atoms with Gasteiger partial charge >= 0.3 is 0 Å². The van der Waals surface area contributed by atoms with Crippen molar-refractivity contribution in [2.24, 2.45) is 0 Å². The standard InChI is InChI=1S/C13H18F2N2O/c1-9-4-6-10(7-5-9)12(17(2)3)13(18)16-8-11(14)15/h4-7,11-12H,8H2,1-3H3,(H,16,18)/t12-/m1/s1. The van der Waals surface area contributed by atoms with Crippen LogP contribution in [0.3, 0.4) is 0 Å². The molecule has 100 valence electrons. The van der Waals surface area contributed by atoms with Gasteiger partial charge in [0.05, 0.1) is 6.54 Å². The van der Waals surface area contributed by atoms with Crippen LogP contribution in [0.15, 0.2) is 24.3 Å². The van der Waals surface area contributed by atoms with Crippen molar-refractivity contribution in [3.8, 4) is 0 Å². The summed E-state index contributed by atoms with van der Waals surface area (Å²) in [7, 11) is 3.49. The maximum Gasteiger partial charge on any atom is 0.255 e. The molecule has 18 heavy (non-hydrogen) atoms. The van der Waals surface area contributed by atoms with E-state index in [1.165, 1.54) is 0 Å². The van der Waals surface area contributed by atoms with E-state index in [9.17, 15) is 13.6 Å². The normalized spacial score (nSPS) is 12.8. The largest absolute Gasteiger partial charge is 0.349 e. The second-order valence-corrected chi connectivity index (χ2v) is 4.41. The van der Waals surface area contributed by atoms with E-state index in [0.29, 0.717) is 0 Å². The molecule has 0 saturated heterocycles. The smallest absolute Gasteiger partial charge is 0.255 e. The summed E-state index contributed by atoms with van der Waals surface area (Å²) in [6.45, 7) is 1.33. The summed E-state index contributed by atoms with van der Waals surface area (Å²) in [5, 5.41) is 2.25. The maximum absolute atomic E-state index is 12.1. The highest BCUT2D eigenvalue weighted by Gasteiger charge is 2.23. The molecule has 0 fully saturated rings. The molecule has 1 aromatic carbocycles. The minimum Gasteiger partial charge on any atom is -0.349 e. The number of nitrogens with one attached hydrogen (secondary N) is 1. The van der Waals surface area contributed by atoms with E-state index in [-0.39, 0.29) is 0 Å². The number of halogens is 2. The van der Waals surface area contributed by atoms with Gasteiger partial charge in [-0.05, 0) is 26.6 Å². The molecule has 0 radical (unpaired) electrons. The molecule has 0 saturated carbocycles. The molecular formula is C13H18F2N2O. The number of rotatable bonds is 5. The van der Waals surface area contributed by atoms with Crippen LogP contribution in [0.1, 0.15) is 17.2 Å². The Bertz CT molecular complexity index is 390. The van der Waals surface area contributed by atoms with Gasteiger partial charge in [-0.25, -0.2) is 8.78 Å². The predicted molar refractivity (Wildman–Crippen MR) is 66.6 cm³/mol. The Kier molecular flexibility index (Phi) is 5.22. The third kappa shape index (κ3) is 4.07. The van der Waals surface area contributed by atoms with Crippen molar-refractivity contribution >= 4 is 5.91 Å². The summed E-state index contributed by atoms with van der Waals surface area (Å²) >= 11 is 0. The lowest BCUT2D eigenvalue weighted by atomic mass is 10.0. The molecule has 3 nitrogen and oxygen atoms in total. The monoisotopic (exact) mass is 256 g/mol. The summed E-state index contributed by atoms with van der Waals surface area (Å²) in [6, 6.07) is 6.91. The van der Waals surface area contributed by atoms with E-state index in [0.717, 1.165) is 11.1 Å². The van der Waals surface area contributed by atoms with Crippen molar-refractivity contribution in [2.45, 2.75) is 19.4 Å². The van der Waals surface area contributed by atoms with Crippen LogP contribution in [-0.4, -0.2) is 37.9 Å². The number of carbonyl (C=O) groups is 1. The molecule has 0 heterocycles. The van der Waals surface area contributed by atoms with Gasteiger partial charge in [-0.1, -0.05) is 29.8 Å². The van der Waals surface area contributed by atoms with Gasteiger partial charge in [-0.2, -0.15) is 0 Å². The number of hydrogen-bond donors (Lipinski definition) is 1. The number of amides is 1. The average Bonchev–Trinajstić information content (AvgIpc) is 2.29. The molecule has 1 atom stereocenters. The molecule has 1 rings (SSSR count). The Morgan fingerprint density at radius 1 is 1.28 bits per heavy atom. The SMILES string of the molecule is Cc1ccc([C@H](C(=O)NCC(F)F)N(C)C)cc1. The second kappa shape index (κ2) is 6.44. The van der Waals surface area contributed by atoms with Crippen molar-refractivity contribution < 1.29 is 13.6 Å².